The van der Waals surface area contributed by atoms with E-state index in [0.717, 1.165) is 11.3 Å². The number of hydrogen-bond donors (Lipinski definition) is 1. The normalized spacial score (nSPS) is 10.5. The first-order valence-electron chi connectivity index (χ1n) is 7.14. The highest BCUT2D eigenvalue weighted by Gasteiger charge is 2.13. The second-order valence-electron chi connectivity index (χ2n) is 5.07. The van der Waals surface area contributed by atoms with Crippen LogP contribution in [0.1, 0.15) is 21.9 Å². The highest BCUT2D eigenvalue weighted by molar-refractivity contribution is 5.92. The van der Waals surface area contributed by atoms with Crippen molar-refractivity contribution < 1.29 is 4.79 Å². The van der Waals surface area contributed by atoms with Crippen molar-refractivity contribution in [1.29, 1.82) is 0 Å². The Kier molecular flexibility index (Phi) is 4.09. The van der Waals surface area contributed by atoms with Crippen molar-refractivity contribution in [3.8, 4) is 11.3 Å². The van der Waals surface area contributed by atoms with Crippen molar-refractivity contribution in [3.05, 3.63) is 60.1 Å². The van der Waals surface area contributed by atoms with Gasteiger partial charge in [0, 0.05) is 43.1 Å². The van der Waals surface area contributed by atoms with Gasteiger partial charge in [-0.1, -0.05) is 0 Å². The van der Waals surface area contributed by atoms with Crippen LogP contribution in [0.2, 0.25) is 0 Å². The van der Waals surface area contributed by atoms with E-state index in [1.807, 2.05) is 19.1 Å². The van der Waals surface area contributed by atoms with Crippen LogP contribution in [0.15, 0.2) is 43.0 Å². The highest BCUT2D eigenvalue weighted by Crippen LogP contribution is 2.18. The molecule has 0 aliphatic heterocycles. The molecule has 0 saturated carbocycles. The Hall–Kier alpha value is -3.09. The van der Waals surface area contributed by atoms with Crippen molar-refractivity contribution >= 4 is 5.91 Å². The van der Waals surface area contributed by atoms with Gasteiger partial charge in [-0.05, 0) is 25.1 Å². The minimum absolute atomic E-state index is 0.239. The molecule has 7 heteroatoms. The summed E-state index contributed by atoms with van der Waals surface area (Å²) in [6, 6.07) is 5.49. The van der Waals surface area contributed by atoms with E-state index < -0.39 is 0 Å². The third kappa shape index (κ3) is 3.23. The van der Waals surface area contributed by atoms with E-state index in [-0.39, 0.29) is 12.5 Å². The van der Waals surface area contributed by atoms with E-state index in [0.29, 0.717) is 17.1 Å². The van der Waals surface area contributed by atoms with Crippen molar-refractivity contribution in [3.63, 3.8) is 0 Å². The van der Waals surface area contributed by atoms with E-state index in [1.54, 1.807) is 42.6 Å². The molecule has 3 heterocycles. The molecule has 0 aliphatic carbocycles. The number of rotatable bonds is 4. The predicted octanol–water partition coefficient (Wildman–Crippen LogP) is 1.51. The molecule has 0 fully saturated rings. The summed E-state index contributed by atoms with van der Waals surface area (Å²) in [4.78, 5) is 24.9. The van der Waals surface area contributed by atoms with Crippen LogP contribution in [-0.4, -0.2) is 30.6 Å². The quantitative estimate of drug-likeness (QED) is 0.789. The summed E-state index contributed by atoms with van der Waals surface area (Å²) in [5.74, 6) is -0.239. The largest absolute Gasteiger partial charge is 0.345 e. The van der Waals surface area contributed by atoms with E-state index in [9.17, 15) is 4.79 Å². The van der Waals surface area contributed by atoms with Gasteiger partial charge in [-0.25, -0.2) is 0 Å². The Morgan fingerprint density at radius 1 is 1.26 bits per heavy atom. The van der Waals surface area contributed by atoms with Gasteiger partial charge in [0.25, 0.3) is 5.91 Å². The van der Waals surface area contributed by atoms with Crippen molar-refractivity contribution in [1.82, 2.24) is 30.0 Å². The number of aromatic nitrogens is 5. The van der Waals surface area contributed by atoms with Gasteiger partial charge in [0.1, 0.15) is 5.69 Å². The second-order valence-corrected chi connectivity index (χ2v) is 5.07. The van der Waals surface area contributed by atoms with Gasteiger partial charge in [-0.15, -0.1) is 0 Å². The van der Waals surface area contributed by atoms with Gasteiger partial charge in [-0.3, -0.25) is 24.4 Å². The molecular weight excluding hydrogens is 292 g/mol. The molecule has 23 heavy (non-hydrogen) atoms. The van der Waals surface area contributed by atoms with Gasteiger partial charge >= 0.3 is 0 Å². The second kappa shape index (κ2) is 6.35. The van der Waals surface area contributed by atoms with Crippen LogP contribution in [0.3, 0.4) is 0 Å². The van der Waals surface area contributed by atoms with Crippen molar-refractivity contribution in [2.75, 3.05) is 0 Å². The Labute approximate surface area is 133 Å². The number of hydrogen-bond acceptors (Lipinski definition) is 5. The molecule has 0 radical (unpaired) electrons. The van der Waals surface area contributed by atoms with Crippen LogP contribution in [0.4, 0.5) is 0 Å². The maximum atomic E-state index is 12.2. The van der Waals surface area contributed by atoms with Crippen molar-refractivity contribution in [2.45, 2.75) is 13.5 Å². The summed E-state index contributed by atoms with van der Waals surface area (Å²) in [7, 11) is 1.80. The first kappa shape index (κ1) is 14.8. The number of carbonyl (C=O) groups excluding carboxylic acids is 1. The zero-order valence-electron chi connectivity index (χ0n) is 12.9. The van der Waals surface area contributed by atoms with Crippen molar-refractivity contribution in [2.24, 2.45) is 7.05 Å². The average molecular weight is 308 g/mol. The molecule has 7 nitrogen and oxygen atoms in total. The lowest BCUT2D eigenvalue weighted by Gasteiger charge is -2.08. The Bertz CT molecular complexity index is 808. The van der Waals surface area contributed by atoms with E-state index in [1.165, 1.54) is 0 Å². The van der Waals surface area contributed by atoms with Gasteiger partial charge in [-0.2, -0.15) is 5.10 Å². The molecule has 0 unspecified atom stereocenters. The highest BCUT2D eigenvalue weighted by atomic mass is 16.1. The number of nitrogens with zero attached hydrogens (tertiary/aromatic N) is 5. The summed E-state index contributed by atoms with van der Waals surface area (Å²) in [6.07, 6.45) is 6.64. The van der Waals surface area contributed by atoms with Crippen LogP contribution < -0.4 is 5.32 Å². The fourth-order valence-electron chi connectivity index (χ4n) is 2.17. The molecule has 0 spiro atoms. The van der Waals surface area contributed by atoms with E-state index in [2.05, 4.69) is 25.4 Å². The molecule has 0 aliphatic rings. The minimum Gasteiger partial charge on any atom is -0.345 e. The Morgan fingerprint density at radius 2 is 2.09 bits per heavy atom. The molecule has 3 rings (SSSR count). The lowest BCUT2D eigenvalue weighted by molar-refractivity contribution is 0.0944. The van der Waals surface area contributed by atoms with Crippen LogP contribution in [0, 0.1) is 6.92 Å². The smallest absolute Gasteiger partial charge is 0.272 e. The van der Waals surface area contributed by atoms with Gasteiger partial charge in [0.15, 0.2) is 0 Å². The number of aryl methyl sites for hydroxylation is 2. The van der Waals surface area contributed by atoms with Crippen LogP contribution in [0.5, 0.6) is 0 Å². The van der Waals surface area contributed by atoms with E-state index >= 15 is 0 Å². The van der Waals surface area contributed by atoms with Gasteiger partial charge in [0.05, 0.1) is 17.9 Å². The number of pyridine rings is 1. The molecule has 1 N–H and O–H groups in total. The number of carbonyl (C=O) groups is 1. The molecule has 0 aromatic carbocycles. The first-order valence-corrected chi connectivity index (χ1v) is 7.14. The molecular formula is C16H16N6O. The Morgan fingerprint density at radius 3 is 2.78 bits per heavy atom. The third-order valence-corrected chi connectivity index (χ3v) is 3.47. The molecule has 116 valence electrons. The third-order valence-electron chi connectivity index (χ3n) is 3.47. The lowest BCUT2D eigenvalue weighted by atomic mass is 10.1. The SMILES string of the molecule is Cc1cc(C(=O)NCc2nccnc2-c2cccnc2)nn1C. The molecule has 0 saturated heterocycles. The summed E-state index contributed by atoms with van der Waals surface area (Å²) < 4.78 is 1.66. The van der Waals surface area contributed by atoms with E-state index in [4.69, 9.17) is 0 Å². The molecule has 0 bridgehead atoms. The monoisotopic (exact) mass is 308 g/mol. The standard InChI is InChI=1S/C16H16N6O/c1-11-8-13(21-22(11)2)16(23)20-10-14-15(19-7-6-18-14)12-4-3-5-17-9-12/h3-9H,10H2,1-2H3,(H,20,23). The number of nitrogens with one attached hydrogen (secondary N) is 1. The maximum Gasteiger partial charge on any atom is 0.272 e. The Balaban J connectivity index is 1.77. The molecule has 0 atom stereocenters. The number of amides is 1. The maximum absolute atomic E-state index is 12.2. The summed E-state index contributed by atoms with van der Waals surface area (Å²) in [5, 5.41) is 6.99. The summed E-state index contributed by atoms with van der Waals surface area (Å²) >= 11 is 0. The zero-order valence-corrected chi connectivity index (χ0v) is 12.9. The molecule has 3 aromatic rings. The average Bonchev–Trinajstić information content (AvgIpc) is 2.93. The summed E-state index contributed by atoms with van der Waals surface area (Å²) in [6.45, 7) is 2.17. The summed E-state index contributed by atoms with van der Waals surface area (Å²) in [5.41, 5.74) is 3.56. The predicted molar refractivity (Wildman–Crippen MR) is 84.4 cm³/mol. The molecule has 3 aromatic heterocycles. The lowest BCUT2D eigenvalue weighted by Crippen LogP contribution is -2.24. The fraction of sp³-hybridized carbons (Fsp3) is 0.188. The zero-order chi connectivity index (χ0) is 16.2. The first-order chi connectivity index (χ1) is 11.1. The van der Waals surface area contributed by atoms with Crippen LogP contribution in [-0.2, 0) is 13.6 Å². The fourth-order valence-corrected chi connectivity index (χ4v) is 2.17. The topological polar surface area (TPSA) is 85.6 Å². The minimum atomic E-state index is -0.239. The molecule has 1 amide bonds. The van der Waals surface area contributed by atoms with Crippen LogP contribution >= 0.6 is 0 Å². The van der Waals surface area contributed by atoms with Crippen LogP contribution in [0.25, 0.3) is 11.3 Å². The van der Waals surface area contributed by atoms with Gasteiger partial charge in [0.2, 0.25) is 0 Å². The van der Waals surface area contributed by atoms with Gasteiger partial charge < -0.3 is 5.32 Å².